The van der Waals surface area contributed by atoms with Gasteiger partial charge in [0.05, 0.1) is 17.7 Å². The Morgan fingerprint density at radius 2 is 1.90 bits per heavy atom. The molecule has 5 rings (SSSR count). The number of rotatable bonds is 4. The monoisotopic (exact) mass is 541 g/mol. The van der Waals surface area contributed by atoms with Gasteiger partial charge in [-0.15, -0.1) is 0 Å². The number of aliphatic hydroxyl groups is 3. The van der Waals surface area contributed by atoms with Crippen LogP contribution in [0.1, 0.15) is 23.1 Å². The Labute approximate surface area is 229 Å². The number of primary amides is 1. The Kier molecular flexibility index (Phi) is 6.37. The van der Waals surface area contributed by atoms with Crippen molar-refractivity contribution in [2.75, 3.05) is 14.1 Å². The number of ketones is 2. The summed E-state index contributed by atoms with van der Waals surface area (Å²) >= 11 is 0. The van der Waals surface area contributed by atoms with Crippen molar-refractivity contribution in [2.24, 2.45) is 17.6 Å². The van der Waals surface area contributed by atoms with Gasteiger partial charge in [-0.25, -0.2) is 0 Å². The highest BCUT2D eigenvalue weighted by Gasteiger charge is 2.64. The van der Waals surface area contributed by atoms with E-state index in [-0.39, 0.29) is 29.7 Å². The first-order valence-electron chi connectivity index (χ1n) is 12.6. The van der Waals surface area contributed by atoms with Gasteiger partial charge in [-0.3, -0.25) is 19.3 Å². The van der Waals surface area contributed by atoms with Crippen molar-refractivity contribution in [1.29, 1.82) is 5.26 Å². The number of amides is 1. The summed E-state index contributed by atoms with van der Waals surface area (Å²) in [5, 5.41) is 53.7. The molecule has 2 aromatic carbocycles. The molecule has 0 unspecified atom stereocenters. The number of phenols is 1. The first-order valence-corrected chi connectivity index (χ1v) is 12.6. The molecule has 4 atom stereocenters. The largest absolute Gasteiger partial charge is 0.508 e. The van der Waals surface area contributed by atoms with Crippen molar-refractivity contribution in [3.8, 4) is 22.9 Å². The predicted octanol–water partition coefficient (Wildman–Crippen LogP) is 2.17. The third-order valence-corrected chi connectivity index (χ3v) is 8.15. The van der Waals surface area contributed by atoms with E-state index in [1.807, 2.05) is 24.3 Å². The lowest BCUT2D eigenvalue weighted by molar-refractivity contribution is -0.153. The first kappa shape index (κ1) is 26.9. The lowest BCUT2D eigenvalue weighted by Gasteiger charge is -2.50. The molecule has 10 nitrogen and oxygen atoms in total. The predicted molar refractivity (Wildman–Crippen MR) is 144 cm³/mol. The second-order valence-corrected chi connectivity index (χ2v) is 10.5. The van der Waals surface area contributed by atoms with E-state index >= 15 is 0 Å². The molecule has 0 saturated heterocycles. The zero-order chi connectivity index (χ0) is 29.1. The number of nitriles is 1. The topological polar surface area (TPSA) is 185 Å². The van der Waals surface area contributed by atoms with Crippen molar-refractivity contribution in [1.82, 2.24) is 4.90 Å². The number of carbonyl (C=O) groups excluding carboxylic acids is 3. The van der Waals surface area contributed by atoms with E-state index in [2.05, 4.69) is 0 Å². The number of benzene rings is 2. The van der Waals surface area contributed by atoms with Gasteiger partial charge in [0.15, 0.2) is 11.4 Å². The minimum absolute atomic E-state index is 0.00576. The minimum atomic E-state index is -2.68. The van der Waals surface area contributed by atoms with Crippen molar-refractivity contribution in [3.63, 3.8) is 0 Å². The zero-order valence-electron chi connectivity index (χ0n) is 21.8. The molecule has 3 aliphatic rings. The standard InChI is InChI=1S/C30H27N3O7/c1-33(2)24-19-13-16-12-18-17(15-7-3-5-14(11-15)6-4-10-31)8-9-20(34)22(18)25(35)21(16)27(37)30(19,40)28(38)23(26(24)36)29(32)39/h3-9,11,16,19,24,34-35,38,40H,12-13H2,1-2H3,(H2,32,39)/b6-4+/t16-,19-,24-,30-/m0/s1. The lowest BCUT2D eigenvalue weighted by Crippen LogP contribution is -2.65. The molecule has 0 spiro atoms. The number of fused-ring (bicyclic) bond motifs is 3. The Morgan fingerprint density at radius 1 is 1.18 bits per heavy atom. The molecule has 2 aromatic rings. The van der Waals surface area contributed by atoms with Crippen LogP contribution in [-0.4, -0.2) is 68.5 Å². The van der Waals surface area contributed by atoms with Crippen molar-refractivity contribution >= 4 is 29.3 Å². The average molecular weight is 542 g/mol. The number of nitrogens with zero attached hydrogens (tertiary/aromatic N) is 2. The maximum absolute atomic E-state index is 13.9. The molecule has 0 heterocycles. The smallest absolute Gasteiger partial charge is 0.255 e. The first-order chi connectivity index (χ1) is 18.9. The van der Waals surface area contributed by atoms with E-state index in [4.69, 9.17) is 11.0 Å². The second kappa shape index (κ2) is 9.48. The fourth-order valence-corrected chi connectivity index (χ4v) is 6.46. The molecule has 204 valence electrons. The van der Waals surface area contributed by atoms with Crippen LogP contribution < -0.4 is 5.73 Å². The summed E-state index contributed by atoms with van der Waals surface area (Å²) in [6.45, 7) is 0. The van der Waals surface area contributed by atoms with E-state index in [1.165, 1.54) is 17.0 Å². The maximum atomic E-state index is 13.9. The third kappa shape index (κ3) is 3.74. The number of carbonyl (C=O) groups is 3. The Hall–Kier alpha value is -4.72. The van der Waals surface area contributed by atoms with Gasteiger partial charge in [0.25, 0.3) is 5.91 Å². The molecule has 10 heteroatoms. The molecule has 40 heavy (non-hydrogen) atoms. The van der Waals surface area contributed by atoms with Crippen LogP contribution in [0.4, 0.5) is 0 Å². The summed E-state index contributed by atoms with van der Waals surface area (Å²) in [4.78, 5) is 40.7. The number of aliphatic hydroxyl groups excluding tert-OH is 2. The van der Waals surface area contributed by atoms with E-state index in [1.54, 1.807) is 32.3 Å². The van der Waals surface area contributed by atoms with Crippen LogP contribution in [-0.2, 0) is 20.8 Å². The molecule has 0 radical (unpaired) electrons. The number of hydrogen-bond donors (Lipinski definition) is 5. The third-order valence-electron chi connectivity index (χ3n) is 8.15. The van der Waals surface area contributed by atoms with Gasteiger partial charge in [-0.2, -0.15) is 5.26 Å². The summed E-state index contributed by atoms with van der Waals surface area (Å²) in [5.74, 6) is -6.91. The quantitative estimate of drug-likeness (QED) is 0.286. The molecular formula is C30H27N3O7. The van der Waals surface area contributed by atoms with E-state index in [0.717, 1.165) is 11.1 Å². The number of phenolic OH excluding ortho intramolecular Hbond substituents is 1. The molecule has 1 fully saturated rings. The highest BCUT2D eigenvalue weighted by Crippen LogP contribution is 2.53. The number of allylic oxidation sites excluding steroid dienone is 1. The lowest BCUT2D eigenvalue weighted by atomic mass is 9.57. The molecule has 0 bridgehead atoms. The molecule has 0 aliphatic heterocycles. The Morgan fingerprint density at radius 3 is 2.55 bits per heavy atom. The second-order valence-electron chi connectivity index (χ2n) is 10.5. The van der Waals surface area contributed by atoms with Crippen LogP contribution in [0.2, 0.25) is 0 Å². The summed E-state index contributed by atoms with van der Waals surface area (Å²) in [6.07, 6.45) is 3.18. The molecule has 1 saturated carbocycles. The van der Waals surface area contributed by atoms with Crippen LogP contribution in [0.15, 0.2) is 59.4 Å². The number of nitrogens with two attached hydrogens (primary N) is 1. The molecule has 6 N–H and O–H groups in total. The zero-order valence-corrected chi connectivity index (χ0v) is 21.8. The van der Waals surface area contributed by atoms with Crippen LogP contribution in [0.25, 0.3) is 23.0 Å². The van der Waals surface area contributed by atoms with E-state index in [9.17, 15) is 34.8 Å². The SMILES string of the molecule is CN(C)[C@@H]1C(=O)C(C(N)=O)=C(O)[C@@]2(O)C(=O)C3=C(O)c4c(O)ccc(-c5cccc(/C=C/C#N)c5)c4C[C@H]3C[C@@H]12. The van der Waals surface area contributed by atoms with Crippen molar-refractivity contribution in [3.05, 3.63) is 76.1 Å². The summed E-state index contributed by atoms with van der Waals surface area (Å²) in [6, 6.07) is 11.2. The van der Waals surface area contributed by atoms with Gasteiger partial charge >= 0.3 is 0 Å². The van der Waals surface area contributed by atoms with E-state index < -0.39 is 58.0 Å². The van der Waals surface area contributed by atoms with Crippen LogP contribution in [0.3, 0.4) is 0 Å². The number of likely N-dealkylation sites (N-methyl/N-ethyl adjacent to an activating group) is 1. The Balaban J connectivity index is 1.71. The minimum Gasteiger partial charge on any atom is -0.508 e. The van der Waals surface area contributed by atoms with E-state index in [0.29, 0.717) is 11.1 Å². The normalized spacial score (nSPS) is 26.0. The number of aromatic hydroxyl groups is 1. The van der Waals surface area contributed by atoms with Gasteiger partial charge in [0.2, 0.25) is 5.78 Å². The highest BCUT2D eigenvalue weighted by molar-refractivity contribution is 6.24. The summed E-state index contributed by atoms with van der Waals surface area (Å²) < 4.78 is 0. The van der Waals surface area contributed by atoms with Crippen LogP contribution in [0, 0.1) is 23.2 Å². The van der Waals surface area contributed by atoms with Gasteiger partial charge in [0, 0.05) is 17.6 Å². The maximum Gasteiger partial charge on any atom is 0.255 e. The Bertz CT molecular complexity index is 1630. The summed E-state index contributed by atoms with van der Waals surface area (Å²) in [5.41, 5.74) is 4.39. The van der Waals surface area contributed by atoms with Gasteiger partial charge < -0.3 is 26.2 Å². The van der Waals surface area contributed by atoms with Crippen LogP contribution >= 0.6 is 0 Å². The van der Waals surface area contributed by atoms with Gasteiger partial charge in [-0.05, 0) is 73.3 Å². The van der Waals surface area contributed by atoms with Crippen molar-refractivity contribution in [2.45, 2.75) is 24.5 Å². The number of Topliss-reactive ketones (excluding diaryl/α,β-unsaturated/α-hetero) is 2. The summed E-state index contributed by atoms with van der Waals surface area (Å²) in [7, 11) is 3.11. The molecule has 3 aliphatic carbocycles. The molecule has 0 aromatic heterocycles. The average Bonchev–Trinajstić information content (AvgIpc) is 2.89. The highest BCUT2D eigenvalue weighted by atomic mass is 16.3. The van der Waals surface area contributed by atoms with Gasteiger partial charge in [0.1, 0.15) is 22.8 Å². The molecule has 1 amide bonds. The van der Waals surface area contributed by atoms with Crippen molar-refractivity contribution < 1.29 is 34.8 Å². The number of hydrogen-bond acceptors (Lipinski definition) is 9. The van der Waals surface area contributed by atoms with Crippen LogP contribution in [0.5, 0.6) is 5.75 Å². The molecular weight excluding hydrogens is 514 g/mol. The van der Waals surface area contributed by atoms with Gasteiger partial charge in [-0.1, -0.05) is 24.3 Å². The fourth-order valence-electron chi connectivity index (χ4n) is 6.46. The fraction of sp³-hybridized carbons (Fsp3) is 0.267.